The second-order valence-corrected chi connectivity index (χ2v) is 7.18. The molecule has 28 heavy (non-hydrogen) atoms. The van der Waals surface area contributed by atoms with E-state index in [0.717, 1.165) is 50.0 Å². The average Bonchev–Trinajstić information content (AvgIpc) is 3.11. The topological polar surface area (TPSA) is 79.0 Å². The fraction of sp³-hybridized carbons (Fsp3) is 0.381. The summed E-state index contributed by atoms with van der Waals surface area (Å²) in [5.74, 6) is 1.25. The van der Waals surface area contributed by atoms with Gasteiger partial charge >= 0.3 is 0 Å². The van der Waals surface area contributed by atoms with Crippen molar-refractivity contribution in [1.29, 1.82) is 0 Å². The van der Waals surface area contributed by atoms with Gasteiger partial charge in [-0.1, -0.05) is 5.16 Å². The van der Waals surface area contributed by atoms with E-state index < -0.39 is 0 Å². The predicted octanol–water partition coefficient (Wildman–Crippen LogP) is 4.03. The number of nitrogens with zero attached hydrogens (tertiary/aromatic N) is 2. The van der Waals surface area contributed by atoms with E-state index in [1.165, 1.54) is 30.3 Å². The van der Waals surface area contributed by atoms with Crippen molar-refractivity contribution in [1.82, 2.24) is 10.1 Å². The van der Waals surface area contributed by atoms with E-state index in [2.05, 4.69) is 10.1 Å². The summed E-state index contributed by atoms with van der Waals surface area (Å²) in [6, 6.07) is 8.84. The molecule has 4 rings (SSSR count). The molecule has 7 heteroatoms. The molecule has 1 aliphatic rings. The molecule has 1 saturated heterocycles. The number of rotatable bonds is 6. The monoisotopic (exact) mass is 386 g/mol. The molecule has 2 heterocycles. The Kier molecular flexibility index (Phi) is 5.34. The van der Waals surface area contributed by atoms with Crippen LogP contribution in [0.4, 0.5) is 4.39 Å². The molecule has 0 spiro atoms. The zero-order chi connectivity index (χ0) is 19.5. The van der Waals surface area contributed by atoms with E-state index in [1.54, 1.807) is 6.07 Å². The molecule has 2 N–H and O–H groups in total. The van der Waals surface area contributed by atoms with E-state index in [4.69, 9.17) is 9.26 Å². The number of halogens is 1. The maximum atomic E-state index is 13.3. The van der Waals surface area contributed by atoms with Crippen molar-refractivity contribution in [3.63, 3.8) is 0 Å². The summed E-state index contributed by atoms with van der Waals surface area (Å²) in [5, 5.41) is 24.1. The fourth-order valence-electron chi connectivity index (χ4n) is 3.74. The van der Waals surface area contributed by atoms with Gasteiger partial charge in [0.2, 0.25) is 0 Å². The van der Waals surface area contributed by atoms with Crippen LogP contribution in [0.2, 0.25) is 0 Å². The first-order valence-corrected chi connectivity index (χ1v) is 9.52. The van der Waals surface area contributed by atoms with Crippen LogP contribution >= 0.6 is 0 Å². The molecular formula is C21H23FN2O4. The van der Waals surface area contributed by atoms with Gasteiger partial charge in [0.05, 0.1) is 6.61 Å². The number of piperidine rings is 1. The number of aromatic hydroxyl groups is 2. The number of benzene rings is 2. The highest BCUT2D eigenvalue weighted by Gasteiger charge is 2.25. The van der Waals surface area contributed by atoms with E-state index in [1.807, 2.05) is 0 Å². The van der Waals surface area contributed by atoms with E-state index in [-0.39, 0.29) is 17.3 Å². The molecular weight excluding hydrogens is 363 g/mol. The zero-order valence-electron chi connectivity index (χ0n) is 15.5. The third kappa shape index (κ3) is 4.04. The molecule has 0 atom stereocenters. The minimum absolute atomic E-state index is 0.0257. The first-order chi connectivity index (χ1) is 13.6. The highest BCUT2D eigenvalue weighted by atomic mass is 19.1. The average molecular weight is 386 g/mol. The van der Waals surface area contributed by atoms with Crippen molar-refractivity contribution in [2.45, 2.75) is 25.2 Å². The number of hydrogen-bond acceptors (Lipinski definition) is 6. The number of likely N-dealkylation sites (tertiary alicyclic amines) is 1. The van der Waals surface area contributed by atoms with E-state index in [0.29, 0.717) is 23.8 Å². The molecule has 3 aromatic rings. The van der Waals surface area contributed by atoms with Crippen molar-refractivity contribution in [3.05, 3.63) is 48.0 Å². The third-order valence-corrected chi connectivity index (χ3v) is 5.25. The molecule has 0 amide bonds. The van der Waals surface area contributed by atoms with Crippen LogP contribution in [0.5, 0.6) is 17.2 Å². The van der Waals surface area contributed by atoms with Crippen LogP contribution in [0.1, 0.15) is 30.9 Å². The van der Waals surface area contributed by atoms with Crippen LogP contribution in [0, 0.1) is 5.82 Å². The van der Waals surface area contributed by atoms with Gasteiger partial charge in [0.15, 0.2) is 11.5 Å². The number of phenolic OH excluding ortho intramolecular Hbond substituents is 2. The summed E-state index contributed by atoms with van der Waals surface area (Å²) in [4.78, 5) is 2.38. The van der Waals surface area contributed by atoms with Crippen molar-refractivity contribution in [3.8, 4) is 17.2 Å². The van der Waals surface area contributed by atoms with Crippen LogP contribution in [0.15, 0.2) is 40.9 Å². The Bertz CT molecular complexity index is 951. The standard InChI is InChI=1S/C21H23FN2O4/c22-15-2-4-17-18(12-15)23-28-21(17)14-6-9-24(10-7-14)8-1-11-27-20-13-16(25)3-5-19(20)26/h2-5,12-14,25-26H,1,6-11H2. The molecule has 0 unspecified atom stereocenters. The second kappa shape index (κ2) is 8.06. The maximum Gasteiger partial charge on any atom is 0.164 e. The minimum Gasteiger partial charge on any atom is -0.508 e. The molecule has 1 aromatic heterocycles. The number of aromatic nitrogens is 1. The lowest BCUT2D eigenvalue weighted by Crippen LogP contribution is -2.34. The van der Waals surface area contributed by atoms with Gasteiger partial charge in [-0.25, -0.2) is 4.39 Å². The predicted molar refractivity (Wildman–Crippen MR) is 102 cm³/mol. The number of fused-ring (bicyclic) bond motifs is 1. The molecule has 0 radical (unpaired) electrons. The van der Waals surface area contributed by atoms with Crippen LogP contribution in [-0.2, 0) is 0 Å². The van der Waals surface area contributed by atoms with E-state index in [9.17, 15) is 14.6 Å². The summed E-state index contributed by atoms with van der Waals surface area (Å²) in [6.07, 6.45) is 2.76. The van der Waals surface area contributed by atoms with Gasteiger partial charge in [-0.2, -0.15) is 0 Å². The van der Waals surface area contributed by atoms with Crippen LogP contribution < -0.4 is 4.74 Å². The fourth-order valence-corrected chi connectivity index (χ4v) is 3.74. The van der Waals surface area contributed by atoms with Gasteiger partial charge in [0.25, 0.3) is 0 Å². The SMILES string of the molecule is Oc1ccc(O)c(OCCCN2CCC(c3onc4cc(F)ccc34)CC2)c1. The van der Waals surface area contributed by atoms with Gasteiger partial charge in [-0.05, 0) is 56.6 Å². The lowest BCUT2D eigenvalue weighted by atomic mass is 9.92. The molecule has 1 fully saturated rings. The maximum absolute atomic E-state index is 13.3. The summed E-state index contributed by atoms with van der Waals surface area (Å²) in [6.45, 7) is 3.26. The Hall–Kier alpha value is -2.80. The smallest absolute Gasteiger partial charge is 0.164 e. The van der Waals surface area contributed by atoms with Crippen molar-refractivity contribution < 1.29 is 23.9 Å². The minimum atomic E-state index is -0.302. The van der Waals surface area contributed by atoms with Crippen LogP contribution in [-0.4, -0.2) is 46.5 Å². The van der Waals surface area contributed by atoms with Crippen molar-refractivity contribution >= 4 is 10.9 Å². The highest BCUT2D eigenvalue weighted by Crippen LogP contribution is 2.33. The summed E-state index contributed by atoms with van der Waals surface area (Å²) < 4.78 is 24.4. The molecule has 1 aliphatic heterocycles. The highest BCUT2D eigenvalue weighted by molar-refractivity contribution is 5.80. The largest absolute Gasteiger partial charge is 0.508 e. The van der Waals surface area contributed by atoms with Crippen molar-refractivity contribution in [2.24, 2.45) is 0 Å². The van der Waals surface area contributed by atoms with Gasteiger partial charge in [-0.3, -0.25) is 0 Å². The third-order valence-electron chi connectivity index (χ3n) is 5.25. The first kappa shape index (κ1) is 18.6. The normalized spacial score (nSPS) is 15.9. The molecule has 0 aliphatic carbocycles. The molecule has 148 valence electrons. The Labute approximate surface area is 162 Å². The zero-order valence-corrected chi connectivity index (χ0v) is 15.5. The van der Waals surface area contributed by atoms with Crippen LogP contribution in [0.25, 0.3) is 10.9 Å². The van der Waals surface area contributed by atoms with Gasteiger partial charge in [-0.15, -0.1) is 0 Å². The number of ether oxygens (including phenoxy) is 1. The Morgan fingerprint density at radius 3 is 2.79 bits per heavy atom. The molecule has 2 aromatic carbocycles. The summed E-state index contributed by atoms with van der Waals surface area (Å²) in [5.41, 5.74) is 0.574. The lowest BCUT2D eigenvalue weighted by Gasteiger charge is -2.30. The number of phenols is 2. The first-order valence-electron chi connectivity index (χ1n) is 9.52. The van der Waals surface area contributed by atoms with Gasteiger partial charge in [0, 0.05) is 30.0 Å². The summed E-state index contributed by atoms with van der Waals surface area (Å²) in [7, 11) is 0. The lowest BCUT2D eigenvalue weighted by molar-refractivity contribution is 0.181. The Morgan fingerprint density at radius 1 is 1.14 bits per heavy atom. The van der Waals surface area contributed by atoms with Crippen LogP contribution in [0.3, 0.4) is 0 Å². The van der Waals surface area contributed by atoms with Gasteiger partial charge < -0.3 is 24.4 Å². The second-order valence-electron chi connectivity index (χ2n) is 7.18. The van der Waals surface area contributed by atoms with E-state index >= 15 is 0 Å². The van der Waals surface area contributed by atoms with Crippen molar-refractivity contribution in [2.75, 3.05) is 26.2 Å². The summed E-state index contributed by atoms with van der Waals surface area (Å²) >= 11 is 0. The van der Waals surface area contributed by atoms with Gasteiger partial charge in [0.1, 0.15) is 22.8 Å². The Morgan fingerprint density at radius 2 is 1.96 bits per heavy atom. The Balaban J connectivity index is 1.24. The number of hydrogen-bond donors (Lipinski definition) is 2. The molecule has 6 nitrogen and oxygen atoms in total. The molecule has 0 saturated carbocycles. The molecule has 0 bridgehead atoms. The quantitative estimate of drug-likeness (QED) is 0.492.